The maximum Gasteiger partial charge on any atom is 0.417 e. The van der Waals surface area contributed by atoms with Crippen LogP contribution >= 0.6 is 0 Å². The number of hydrogen-bond acceptors (Lipinski definition) is 9. The van der Waals surface area contributed by atoms with Crippen molar-refractivity contribution in [1.29, 1.82) is 0 Å². The summed E-state index contributed by atoms with van der Waals surface area (Å²) in [6.45, 7) is 9.69. The van der Waals surface area contributed by atoms with Crippen molar-refractivity contribution < 1.29 is 22.6 Å². The Morgan fingerprint density at radius 2 is 1.30 bits per heavy atom. The third-order valence-electron chi connectivity index (χ3n) is 5.88. The molecule has 4 rings (SSSR count). The first-order chi connectivity index (χ1) is 15.6. The number of morpholine rings is 2. The molecule has 2 N–H and O–H groups in total. The van der Waals surface area contributed by atoms with E-state index in [0.717, 1.165) is 12.3 Å². The van der Waals surface area contributed by atoms with Crippen LogP contribution < -0.4 is 15.5 Å². The van der Waals surface area contributed by atoms with Gasteiger partial charge in [-0.25, -0.2) is 4.98 Å². The molecule has 0 aromatic carbocycles. The molecule has 12 heteroatoms. The number of alkyl halides is 3. The molecule has 2 aliphatic heterocycles. The van der Waals surface area contributed by atoms with Gasteiger partial charge in [-0.05, 0) is 33.8 Å². The fraction of sp³-hybridized carbons (Fsp3) is 0.619. The van der Waals surface area contributed by atoms with E-state index in [1.54, 1.807) is 0 Å². The largest absolute Gasteiger partial charge is 0.417 e. The lowest BCUT2D eigenvalue weighted by Crippen LogP contribution is -2.52. The SMILES string of the molecule is C[C@@H]1COC[C@@H](C)N1c1nc(-c2cnc(N)cc2C(F)(F)F)nc(N2[C@H](C)COC[C@H]2C)n1. The Balaban J connectivity index is 1.91. The van der Waals surface area contributed by atoms with Crippen LogP contribution in [0.15, 0.2) is 12.3 Å². The predicted molar refractivity (Wildman–Crippen MR) is 117 cm³/mol. The van der Waals surface area contributed by atoms with Gasteiger partial charge in [-0.2, -0.15) is 28.1 Å². The van der Waals surface area contributed by atoms with Gasteiger partial charge in [0.2, 0.25) is 11.9 Å². The minimum atomic E-state index is -4.65. The summed E-state index contributed by atoms with van der Waals surface area (Å²) < 4.78 is 52.8. The Morgan fingerprint density at radius 3 is 1.73 bits per heavy atom. The lowest BCUT2D eigenvalue weighted by atomic mass is 10.1. The van der Waals surface area contributed by atoms with E-state index in [9.17, 15) is 13.2 Å². The van der Waals surface area contributed by atoms with E-state index in [1.165, 1.54) is 0 Å². The average molecular weight is 467 g/mol. The van der Waals surface area contributed by atoms with Crippen LogP contribution in [0.25, 0.3) is 11.4 Å². The number of nitrogens with two attached hydrogens (primary N) is 1. The molecular formula is C21H28F3N7O2. The van der Waals surface area contributed by atoms with E-state index in [-0.39, 0.29) is 41.4 Å². The Bertz CT molecular complexity index is 942. The molecule has 0 amide bonds. The molecule has 0 radical (unpaired) electrons. The smallest absolute Gasteiger partial charge is 0.384 e. The summed E-state index contributed by atoms with van der Waals surface area (Å²) in [5.74, 6) is 0.265. The van der Waals surface area contributed by atoms with Gasteiger partial charge in [-0.3, -0.25) is 0 Å². The number of aromatic nitrogens is 4. The number of halogens is 3. The maximum absolute atomic E-state index is 13.9. The molecule has 33 heavy (non-hydrogen) atoms. The molecule has 9 nitrogen and oxygen atoms in total. The average Bonchev–Trinajstić information content (AvgIpc) is 2.73. The second kappa shape index (κ2) is 8.90. The second-order valence-electron chi connectivity index (χ2n) is 8.70. The molecule has 0 aliphatic carbocycles. The van der Waals surface area contributed by atoms with Crippen molar-refractivity contribution in [3.63, 3.8) is 0 Å². The van der Waals surface area contributed by atoms with Crippen molar-refractivity contribution in [1.82, 2.24) is 19.9 Å². The fourth-order valence-corrected chi connectivity index (χ4v) is 4.39. The number of nitrogen functional groups attached to an aromatic ring is 1. The van der Waals surface area contributed by atoms with E-state index >= 15 is 0 Å². The summed E-state index contributed by atoms with van der Waals surface area (Å²) >= 11 is 0. The van der Waals surface area contributed by atoms with E-state index in [0.29, 0.717) is 38.3 Å². The summed E-state index contributed by atoms with van der Waals surface area (Å²) in [4.78, 5) is 21.5. The van der Waals surface area contributed by atoms with Crippen LogP contribution in [0, 0.1) is 0 Å². The van der Waals surface area contributed by atoms with Gasteiger partial charge >= 0.3 is 6.18 Å². The van der Waals surface area contributed by atoms with Gasteiger partial charge in [0.25, 0.3) is 0 Å². The molecule has 0 spiro atoms. The minimum Gasteiger partial charge on any atom is -0.384 e. The van der Waals surface area contributed by atoms with E-state index in [2.05, 4.69) is 15.0 Å². The number of rotatable bonds is 3. The van der Waals surface area contributed by atoms with Gasteiger partial charge in [0.05, 0.1) is 61.7 Å². The molecule has 2 aromatic heterocycles. The number of ether oxygens (including phenoxy) is 2. The normalized spacial score (nSPS) is 26.5. The van der Waals surface area contributed by atoms with E-state index in [1.807, 2.05) is 37.5 Å². The van der Waals surface area contributed by atoms with Gasteiger partial charge in [-0.1, -0.05) is 0 Å². The van der Waals surface area contributed by atoms with Crippen LogP contribution in [-0.2, 0) is 15.7 Å². The highest BCUT2D eigenvalue weighted by atomic mass is 19.4. The fourth-order valence-electron chi connectivity index (χ4n) is 4.39. The quantitative estimate of drug-likeness (QED) is 0.730. The highest BCUT2D eigenvalue weighted by Crippen LogP contribution is 2.37. The third-order valence-corrected chi connectivity index (χ3v) is 5.88. The Hall–Kier alpha value is -2.73. The molecule has 0 bridgehead atoms. The molecule has 4 heterocycles. The summed E-state index contributed by atoms with van der Waals surface area (Å²) in [6.07, 6.45) is -3.59. The van der Waals surface area contributed by atoms with Gasteiger partial charge < -0.3 is 25.0 Å². The number of anilines is 3. The van der Waals surface area contributed by atoms with Crippen molar-refractivity contribution in [2.75, 3.05) is 42.0 Å². The minimum absolute atomic E-state index is 0.0667. The zero-order valence-electron chi connectivity index (χ0n) is 19.0. The summed E-state index contributed by atoms with van der Waals surface area (Å²) in [5, 5.41) is 0. The first kappa shape index (κ1) is 23.4. The molecule has 2 aromatic rings. The zero-order chi connectivity index (χ0) is 23.9. The highest BCUT2D eigenvalue weighted by Gasteiger charge is 2.37. The van der Waals surface area contributed by atoms with E-state index < -0.39 is 11.7 Å². The summed E-state index contributed by atoms with van der Waals surface area (Å²) in [7, 11) is 0. The first-order valence-corrected chi connectivity index (χ1v) is 10.9. The van der Waals surface area contributed by atoms with Crippen LogP contribution in [0.4, 0.5) is 30.9 Å². The van der Waals surface area contributed by atoms with Crippen LogP contribution in [0.3, 0.4) is 0 Å². The number of pyridine rings is 1. The second-order valence-corrected chi connectivity index (χ2v) is 8.70. The van der Waals surface area contributed by atoms with Crippen LogP contribution in [0.1, 0.15) is 33.3 Å². The number of hydrogen-bond donors (Lipinski definition) is 1. The van der Waals surface area contributed by atoms with Gasteiger partial charge in [0.15, 0.2) is 5.82 Å². The van der Waals surface area contributed by atoms with Crippen LogP contribution in [-0.4, -0.2) is 70.5 Å². The molecule has 4 atom stereocenters. The van der Waals surface area contributed by atoms with Crippen molar-refractivity contribution in [2.24, 2.45) is 0 Å². The highest BCUT2D eigenvalue weighted by molar-refractivity contribution is 5.65. The molecule has 2 saturated heterocycles. The number of nitrogens with zero attached hydrogens (tertiary/aromatic N) is 6. The zero-order valence-corrected chi connectivity index (χ0v) is 19.0. The van der Waals surface area contributed by atoms with Crippen molar-refractivity contribution >= 4 is 17.7 Å². The Labute approximate surface area is 190 Å². The first-order valence-electron chi connectivity index (χ1n) is 10.9. The Kier molecular flexibility index (Phi) is 6.32. The molecule has 2 fully saturated rings. The molecule has 180 valence electrons. The van der Waals surface area contributed by atoms with Crippen LogP contribution in [0.5, 0.6) is 0 Å². The maximum atomic E-state index is 13.9. The standard InChI is InChI=1S/C21H28F3N7O2/c1-11-7-32-8-12(2)30(11)19-27-18(15-6-26-17(25)5-16(15)21(22,23)24)28-20(29-19)31-13(3)9-33-10-14(31)4/h5-6,11-14H,7-10H2,1-4H3,(H2,25,26)/t11-,12-,13-,14-/m1/s1. The Morgan fingerprint density at radius 1 is 0.848 bits per heavy atom. The predicted octanol–water partition coefficient (Wildman–Crippen LogP) is 2.76. The summed E-state index contributed by atoms with van der Waals surface area (Å²) in [5.41, 5.74) is 4.37. The lowest BCUT2D eigenvalue weighted by Gasteiger charge is -2.41. The van der Waals surface area contributed by atoms with Crippen molar-refractivity contribution in [3.8, 4) is 11.4 Å². The molecule has 2 aliphatic rings. The summed E-state index contributed by atoms with van der Waals surface area (Å²) in [6, 6.07) is 0.537. The molecular weight excluding hydrogens is 439 g/mol. The molecule has 0 unspecified atom stereocenters. The lowest BCUT2D eigenvalue weighted by molar-refractivity contribution is -0.137. The molecule has 0 saturated carbocycles. The van der Waals surface area contributed by atoms with Crippen molar-refractivity contribution in [2.45, 2.75) is 58.0 Å². The van der Waals surface area contributed by atoms with Gasteiger partial charge in [0, 0.05) is 6.20 Å². The van der Waals surface area contributed by atoms with Crippen LogP contribution in [0.2, 0.25) is 0 Å². The third kappa shape index (κ3) is 4.67. The van der Waals surface area contributed by atoms with Crippen molar-refractivity contribution in [3.05, 3.63) is 17.8 Å². The topological polar surface area (TPSA) is 103 Å². The monoisotopic (exact) mass is 467 g/mol. The van der Waals surface area contributed by atoms with Gasteiger partial charge in [-0.15, -0.1) is 0 Å². The van der Waals surface area contributed by atoms with E-state index in [4.69, 9.17) is 20.2 Å². The van der Waals surface area contributed by atoms with Gasteiger partial charge in [0.1, 0.15) is 5.82 Å².